The van der Waals surface area contributed by atoms with Crippen LogP contribution in [0.5, 0.6) is 0 Å². The first-order chi connectivity index (χ1) is 17.8. The maximum absolute atomic E-state index is 13.0. The molecule has 12 nitrogen and oxygen atoms in total. The van der Waals surface area contributed by atoms with Crippen LogP contribution in [-0.2, 0) is 18.4 Å². The van der Waals surface area contributed by atoms with Crippen molar-refractivity contribution in [2.24, 2.45) is 24.6 Å². The van der Waals surface area contributed by atoms with Crippen LogP contribution in [0.3, 0.4) is 0 Å². The molecular weight excluding hydrogens is 478 g/mol. The van der Waals surface area contributed by atoms with E-state index in [1.807, 2.05) is 0 Å². The van der Waals surface area contributed by atoms with Crippen molar-refractivity contribution in [3.05, 3.63) is 64.0 Å². The van der Waals surface area contributed by atoms with Crippen LogP contribution in [0.1, 0.15) is 52.2 Å². The third-order valence-electron chi connectivity index (χ3n) is 6.93. The van der Waals surface area contributed by atoms with Gasteiger partial charge >= 0.3 is 5.76 Å². The number of nitrogens with one attached hydrogen (secondary N) is 2. The number of amides is 3. The molecule has 0 saturated heterocycles. The van der Waals surface area contributed by atoms with Crippen molar-refractivity contribution in [2.45, 2.75) is 32.2 Å². The van der Waals surface area contributed by atoms with E-state index in [0.29, 0.717) is 23.3 Å². The van der Waals surface area contributed by atoms with Crippen molar-refractivity contribution < 1.29 is 18.8 Å². The molecule has 0 radical (unpaired) electrons. The quantitative estimate of drug-likeness (QED) is 0.338. The highest BCUT2D eigenvalue weighted by atomic mass is 16.4. The summed E-state index contributed by atoms with van der Waals surface area (Å²) >= 11 is 0. The summed E-state index contributed by atoms with van der Waals surface area (Å²) in [6, 6.07) is 8.24. The molecule has 1 aliphatic rings. The second-order valence-electron chi connectivity index (χ2n) is 9.37. The number of aryl methyl sites for hydroxylation is 1. The van der Waals surface area contributed by atoms with Crippen molar-refractivity contribution in [3.63, 3.8) is 0 Å². The highest BCUT2D eigenvalue weighted by Gasteiger charge is 2.25. The van der Waals surface area contributed by atoms with E-state index in [0.717, 1.165) is 31.2 Å². The topological polar surface area (TPSA) is 167 Å². The molecule has 1 aliphatic carbocycles. The van der Waals surface area contributed by atoms with Gasteiger partial charge in [-0.3, -0.25) is 19.0 Å². The molecule has 0 atom stereocenters. The molecule has 3 heterocycles. The van der Waals surface area contributed by atoms with Gasteiger partial charge in [0.1, 0.15) is 11.4 Å². The lowest BCUT2D eigenvalue weighted by molar-refractivity contribution is -0.122. The summed E-state index contributed by atoms with van der Waals surface area (Å²) in [5.41, 5.74) is 7.91. The lowest BCUT2D eigenvalue weighted by Gasteiger charge is -2.26. The van der Waals surface area contributed by atoms with Crippen LogP contribution in [0, 0.1) is 11.8 Å². The summed E-state index contributed by atoms with van der Waals surface area (Å²) in [5.74, 6) is -1.38. The predicted molar refractivity (Wildman–Crippen MR) is 133 cm³/mol. The second-order valence-corrected chi connectivity index (χ2v) is 9.37. The van der Waals surface area contributed by atoms with Crippen LogP contribution in [-0.4, -0.2) is 43.4 Å². The number of oxazole rings is 1. The number of nitrogens with zero attached hydrogens (tertiary/aromatic N) is 4. The maximum atomic E-state index is 13.0. The fraction of sp³-hybridized carbons (Fsp3) is 0.360. The number of benzene rings is 1. The molecule has 3 amide bonds. The van der Waals surface area contributed by atoms with Crippen molar-refractivity contribution in [1.82, 2.24) is 29.8 Å². The fourth-order valence-electron chi connectivity index (χ4n) is 4.72. The Bertz CT molecular complexity index is 1560. The number of carbonyl (C=O) groups excluding carboxylic acids is 3. The van der Waals surface area contributed by atoms with Crippen LogP contribution >= 0.6 is 0 Å². The first kappa shape index (κ1) is 24.2. The van der Waals surface area contributed by atoms with E-state index in [2.05, 4.69) is 20.7 Å². The number of fused-ring (bicyclic) bond motifs is 2. The Hall–Kier alpha value is -4.48. The molecule has 1 aromatic carbocycles. The van der Waals surface area contributed by atoms with Crippen LogP contribution in [0.4, 0.5) is 0 Å². The first-order valence-electron chi connectivity index (χ1n) is 12.1. The largest absolute Gasteiger partial charge is 0.419 e. The smallest absolute Gasteiger partial charge is 0.408 e. The molecule has 5 rings (SSSR count). The standard InChI is InChI=1S/C25H27N7O5/c1-31-18-10-15(4-7-20(18)37-25(31)36)13-27-23(34)17-11-19(32-21(30-17)8-9-29-32)24(35)28-12-14-2-5-16(6-3-14)22(26)33/h4,7-11,14,16H,2-3,5-6,12-13H2,1H3,(H2,26,33)(H,27,34)(H,28,35). The van der Waals surface area contributed by atoms with E-state index in [1.165, 1.54) is 21.3 Å². The Kier molecular flexibility index (Phi) is 6.47. The minimum absolute atomic E-state index is 0.0805. The molecule has 37 heavy (non-hydrogen) atoms. The monoisotopic (exact) mass is 505 g/mol. The number of nitrogens with two attached hydrogens (primary N) is 1. The van der Waals surface area contributed by atoms with Gasteiger partial charge in [-0.1, -0.05) is 6.07 Å². The predicted octanol–water partition coefficient (Wildman–Crippen LogP) is 1.13. The van der Waals surface area contributed by atoms with Crippen LogP contribution in [0.15, 0.2) is 45.7 Å². The molecule has 0 bridgehead atoms. The van der Waals surface area contributed by atoms with Crippen LogP contribution in [0.2, 0.25) is 0 Å². The zero-order valence-electron chi connectivity index (χ0n) is 20.3. The van der Waals surface area contributed by atoms with E-state index in [1.54, 1.807) is 31.3 Å². The Labute approximate surface area is 210 Å². The van der Waals surface area contributed by atoms with Crippen LogP contribution in [0.25, 0.3) is 16.7 Å². The third-order valence-corrected chi connectivity index (χ3v) is 6.93. The zero-order valence-corrected chi connectivity index (χ0v) is 20.3. The molecule has 0 aliphatic heterocycles. The molecule has 0 spiro atoms. The van der Waals surface area contributed by atoms with Gasteiger partial charge in [-0.15, -0.1) is 0 Å². The van der Waals surface area contributed by atoms with Gasteiger partial charge in [-0.2, -0.15) is 5.10 Å². The summed E-state index contributed by atoms with van der Waals surface area (Å²) in [5, 5.41) is 9.91. The van der Waals surface area contributed by atoms with E-state index in [4.69, 9.17) is 10.2 Å². The highest BCUT2D eigenvalue weighted by molar-refractivity contribution is 5.98. The van der Waals surface area contributed by atoms with Crippen molar-refractivity contribution in [1.29, 1.82) is 0 Å². The van der Waals surface area contributed by atoms with Gasteiger partial charge in [0.05, 0.1) is 11.7 Å². The molecule has 0 unspecified atom stereocenters. The number of aromatic nitrogens is 4. The summed E-state index contributed by atoms with van der Waals surface area (Å²) in [7, 11) is 1.61. The SMILES string of the molecule is Cn1c(=O)oc2ccc(CNC(=O)c3cc(C(=O)NCC4CCC(C(N)=O)CC4)n4nccc4n3)cc21. The van der Waals surface area contributed by atoms with Crippen LogP contribution < -0.4 is 22.1 Å². The molecule has 4 aromatic rings. The molecule has 4 N–H and O–H groups in total. The van der Waals surface area contributed by atoms with Crippen molar-refractivity contribution in [3.8, 4) is 0 Å². The summed E-state index contributed by atoms with van der Waals surface area (Å²) < 4.78 is 7.92. The molecule has 1 fully saturated rings. The third kappa shape index (κ3) is 4.95. The van der Waals surface area contributed by atoms with Gasteiger partial charge in [0, 0.05) is 38.2 Å². The van der Waals surface area contributed by atoms with Crippen molar-refractivity contribution >= 4 is 34.5 Å². The minimum Gasteiger partial charge on any atom is -0.408 e. The average Bonchev–Trinajstić information content (AvgIpc) is 3.49. The second kappa shape index (κ2) is 9.88. The van der Waals surface area contributed by atoms with Gasteiger partial charge in [-0.05, 0) is 49.3 Å². The maximum Gasteiger partial charge on any atom is 0.419 e. The Morgan fingerprint density at radius 2 is 1.86 bits per heavy atom. The van der Waals surface area contributed by atoms with E-state index >= 15 is 0 Å². The van der Waals surface area contributed by atoms with Gasteiger partial charge < -0.3 is 20.8 Å². The zero-order chi connectivity index (χ0) is 26.1. The van der Waals surface area contributed by atoms with Gasteiger partial charge in [0.25, 0.3) is 11.8 Å². The number of hydrogen-bond acceptors (Lipinski definition) is 7. The fourth-order valence-corrected chi connectivity index (χ4v) is 4.72. The van der Waals surface area contributed by atoms with Crippen molar-refractivity contribution in [2.75, 3.05) is 6.54 Å². The number of rotatable bonds is 7. The lowest BCUT2D eigenvalue weighted by atomic mass is 9.81. The number of hydrogen-bond donors (Lipinski definition) is 3. The van der Waals surface area contributed by atoms with E-state index < -0.39 is 11.7 Å². The highest BCUT2D eigenvalue weighted by Crippen LogP contribution is 2.28. The lowest BCUT2D eigenvalue weighted by Crippen LogP contribution is -2.35. The molecule has 12 heteroatoms. The molecular formula is C25H27N7O5. The summed E-state index contributed by atoms with van der Waals surface area (Å²) in [6.07, 6.45) is 4.59. The summed E-state index contributed by atoms with van der Waals surface area (Å²) in [4.78, 5) is 53.4. The average molecular weight is 506 g/mol. The minimum atomic E-state index is -0.460. The molecule has 3 aromatic heterocycles. The summed E-state index contributed by atoms with van der Waals surface area (Å²) in [6.45, 7) is 0.645. The Balaban J connectivity index is 1.27. The normalized spacial score (nSPS) is 17.6. The molecule has 192 valence electrons. The number of carbonyl (C=O) groups is 3. The van der Waals surface area contributed by atoms with Gasteiger partial charge in [0.2, 0.25) is 5.91 Å². The Morgan fingerprint density at radius 1 is 1.08 bits per heavy atom. The van der Waals surface area contributed by atoms with Gasteiger partial charge in [-0.25, -0.2) is 14.3 Å². The first-order valence-corrected chi connectivity index (χ1v) is 12.1. The van der Waals surface area contributed by atoms with Gasteiger partial charge in [0.15, 0.2) is 11.2 Å². The molecule has 1 saturated carbocycles. The van der Waals surface area contributed by atoms with E-state index in [-0.39, 0.29) is 41.6 Å². The number of primary amides is 1. The Morgan fingerprint density at radius 3 is 2.62 bits per heavy atom. The van der Waals surface area contributed by atoms with E-state index in [9.17, 15) is 19.2 Å².